The van der Waals surface area contributed by atoms with Crippen molar-refractivity contribution in [2.24, 2.45) is 22.7 Å². The quantitative estimate of drug-likeness (QED) is 0.306. The van der Waals surface area contributed by atoms with Gasteiger partial charge >= 0.3 is 0 Å². The van der Waals surface area contributed by atoms with Crippen molar-refractivity contribution in [1.82, 2.24) is 0 Å². The van der Waals surface area contributed by atoms with E-state index in [2.05, 4.69) is 12.1 Å². The number of hydrogen-bond acceptors (Lipinski definition) is 2. The summed E-state index contributed by atoms with van der Waals surface area (Å²) in [6.45, 7) is 2.23. The Morgan fingerprint density at radius 2 is 2.00 bits per heavy atom. The van der Waals surface area contributed by atoms with Gasteiger partial charge in [0.1, 0.15) is 5.84 Å². The van der Waals surface area contributed by atoms with Crippen LogP contribution in [0.3, 0.4) is 0 Å². The van der Waals surface area contributed by atoms with Gasteiger partial charge in [-0.3, -0.25) is 0 Å². The summed E-state index contributed by atoms with van der Waals surface area (Å²) >= 11 is 0. The van der Waals surface area contributed by atoms with E-state index >= 15 is 0 Å². The fourth-order valence-electron chi connectivity index (χ4n) is 2.24. The summed E-state index contributed by atoms with van der Waals surface area (Å²) in [6.07, 6.45) is 7.30. The summed E-state index contributed by atoms with van der Waals surface area (Å²) in [6, 6.07) is 0. The van der Waals surface area contributed by atoms with Crippen molar-refractivity contribution in [3.05, 3.63) is 0 Å². The van der Waals surface area contributed by atoms with Crippen molar-refractivity contribution >= 4 is 5.84 Å². The largest absolute Gasteiger partial charge is 0.409 e. The van der Waals surface area contributed by atoms with Gasteiger partial charge in [-0.25, -0.2) is 0 Å². The Balaban J connectivity index is 2.30. The lowest BCUT2D eigenvalue weighted by Gasteiger charge is -2.27. The number of rotatable bonds is 3. The van der Waals surface area contributed by atoms with E-state index in [-0.39, 0.29) is 0 Å². The molecule has 0 aliphatic heterocycles. The highest BCUT2D eigenvalue weighted by Crippen LogP contribution is 2.31. The van der Waals surface area contributed by atoms with Crippen LogP contribution in [0.5, 0.6) is 0 Å². The Hall–Kier alpha value is -0.730. The van der Waals surface area contributed by atoms with Crippen LogP contribution in [0.2, 0.25) is 0 Å². The first-order valence-corrected chi connectivity index (χ1v) is 5.25. The lowest BCUT2D eigenvalue weighted by atomic mass is 9.80. The zero-order chi connectivity index (χ0) is 9.68. The van der Waals surface area contributed by atoms with E-state index in [1.807, 2.05) is 0 Å². The molecule has 3 N–H and O–H groups in total. The Labute approximate surface area is 80.0 Å². The highest BCUT2D eigenvalue weighted by molar-refractivity contribution is 5.82. The minimum atomic E-state index is 0.332. The first-order chi connectivity index (χ1) is 6.27. The zero-order valence-corrected chi connectivity index (χ0v) is 8.37. The Kier molecular flexibility index (Phi) is 4.06. The van der Waals surface area contributed by atoms with Gasteiger partial charge in [0.25, 0.3) is 0 Å². The van der Waals surface area contributed by atoms with Crippen molar-refractivity contribution in [1.29, 1.82) is 0 Å². The van der Waals surface area contributed by atoms with Gasteiger partial charge in [-0.05, 0) is 31.6 Å². The molecule has 0 bridgehead atoms. The zero-order valence-electron chi connectivity index (χ0n) is 8.37. The van der Waals surface area contributed by atoms with Gasteiger partial charge in [-0.2, -0.15) is 0 Å². The van der Waals surface area contributed by atoms with E-state index in [0.29, 0.717) is 11.8 Å². The normalized spacial score (nSPS) is 30.4. The van der Waals surface area contributed by atoms with E-state index in [1.54, 1.807) is 0 Å². The monoisotopic (exact) mass is 184 g/mol. The first kappa shape index (κ1) is 10.4. The van der Waals surface area contributed by atoms with Crippen molar-refractivity contribution < 1.29 is 5.21 Å². The van der Waals surface area contributed by atoms with Gasteiger partial charge in [-0.15, -0.1) is 0 Å². The smallest absolute Gasteiger partial charge is 0.142 e. The lowest BCUT2D eigenvalue weighted by molar-refractivity contribution is 0.284. The third kappa shape index (κ3) is 2.90. The molecule has 1 aliphatic rings. The number of nitrogens with two attached hydrogens (primary N) is 1. The summed E-state index contributed by atoms with van der Waals surface area (Å²) in [5.41, 5.74) is 5.57. The molecule has 0 heterocycles. The van der Waals surface area contributed by atoms with E-state index in [4.69, 9.17) is 10.9 Å². The number of hydrogen-bond donors (Lipinski definition) is 2. The van der Waals surface area contributed by atoms with Gasteiger partial charge < -0.3 is 10.9 Å². The van der Waals surface area contributed by atoms with Crippen LogP contribution in [-0.2, 0) is 0 Å². The number of oxime groups is 1. The molecule has 0 amide bonds. The third-order valence-electron chi connectivity index (χ3n) is 3.08. The molecular formula is C10H20N2O. The maximum atomic E-state index is 8.52. The predicted octanol–water partition coefficient (Wildman–Crippen LogP) is 2.34. The molecule has 1 fully saturated rings. The van der Waals surface area contributed by atoms with E-state index in [9.17, 15) is 0 Å². The maximum Gasteiger partial charge on any atom is 0.142 e. The van der Waals surface area contributed by atoms with Gasteiger partial charge in [0, 0.05) is 5.92 Å². The average Bonchev–Trinajstić information content (AvgIpc) is 2.18. The molecule has 1 saturated carbocycles. The molecule has 0 atom stereocenters. The van der Waals surface area contributed by atoms with Gasteiger partial charge in [0.2, 0.25) is 0 Å². The Bertz CT molecular complexity index is 172. The molecule has 1 rings (SSSR count). The molecule has 0 saturated heterocycles. The second-order valence-electron chi connectivity index (χ2n) is 4.03. The van der Waals surface area contributed by atoms with Crippen molar-refractivity contribution in [3.63, 3.8) is 0 Å². The third-order valence-corrected chi connectivity index (χ3v) is 3.08. The van der Waals surface area contributed by atoms with Crippen LogP contribution in [0.15, 0.2) is 5.16 Å². The molecule has 0 aromatic heterocycles. The first-order valence-electron chi connectivity index (χ1n) is 5.25. The van der Waals surface area contributed by atoms with Crippen molar-refractivity contribution in [2.75, 3.05) is 0 Å². The summed E-state index contributed by atoms with van der Waals surface area (Å²) in [5.74, 6) is 1.64. The van der Waals surface area contributed by atoms with Crippen LogP contribution in [-0.4, -0.2) is 11.0 Å². The molecule has 3 heteroatoms. The molecule has 0 unspecified atom stereocenters. The van der Waals surface area contributed by atoms with Crippen LogP contribution in [0.4, 0.5) is 0 Å². The summed E-state index contributed by atoms with van der Waals surface area (Å²) in [5, 5.41) is 11.6. The molecule has 1 aliphatic carbocycles. The Morgan fingerprint density at radius 3 is 2.46 bits per heavy atom. The number of nitrogens with zero attached hydrogens (tertiary/aromatic N) is 1. The highest BCUT2D eigenvalue weighted by Gasteiger charge is 2.23. The summed E-state index contributed by atoms with van der Waals surface area (Å²) in [7, 11) is 0. The SMILES string of the molecule is CCCC1CCC(/C(N)=N/O)CC1. The van der Waals surface area contributed by atoms with Crippen LogP contribution in [0.25, 0.3) is 0 Å². The standard InChI is InChI=1S/C10H20N2O/c1-2-3-8-4-6-9(7-5-8)10(11)12-13/h8-9,13H,2-7H2,1H3,(H2,11,12). The molecule has 0 aromatic carbocycles. The van der Waals surface area contributed by atoms with Crippen LogP contribution >= 0.6 is 0 Å². The minimum Gasteiger partial charge on any atom is -0.409 e. The highest BCUT2D eigenvalue weighted by atomic mass is 16.4. The minimum absolute atomic E-state index is 0.332. The van der Waals surface area contributed by atoms with Gasteiger partial charge in [0.05, 0.1) is 0 Å². The van der Waals surface area contributed by atoms with Gasteiger partial charge in [0.15, 0.2) is 0 Å². The van der Waals surface area contributed by atoms with E-state index in [0.717, 1.165) is 18.8 Å². The molecule has 0 radical (unpaired) electrons. The van der Waals surface area contributed by atoms with Crippen molar-refractivity contribution in [2.45, 2.75) is 45.4 Å². The van der Waals surface area contributed by atoms with Crippen LogP contribution in [0, 0.1) is 11.8 Å². The maximum absolute atomic E-state index is 8.52. The van der Waals surface area contributed by atoms with Crippen molar-refractivity contribution in [3.8, 4) is 0 Å². The molecule has 13 heavy (non-hydrogen) atoms. The van der Waals surface area contributed by atoms with Gasteiger partial charge in [-0.1, -0.05) is 24.9 Å². The van der Waals surface area contributed by atoms with E-state index in [1.165, 1.54) is 25.7 Å². The molecule has 0 aromatic rings. The fourth-order valence-corrected chi connectivity index (χ4v) is 2.24. The Morgan fingerprint density at radius 1 is 1.38 bits per heavy atom. The molecule has 3 nitrogen and oxygen atoms in total. The second-order valence-corrected chi connectivity index (χ2v) is 4.03. The second kappa shape index (κ2) is 5.10. The van der Waals surface area contributed by atoms with Crippen LogP contribution in [0.1, 0.15) is 45.4 Å². The summed E-state index contributed by atoms with van der Waals surface area (Å²) < 4.78 is 0. The fraction of sp³-hybridized carbons (Fsp3) is 0.900. The predicted molar refractivity (Wildman–Crippen MR) is 53.8 cm³/mol. The van der Waals surface area contributed by atoms with Crippen LogP contribution < -0.4 is 5.73 Å². The summed E-state index contributed by atoms with van der Waals surface area (Å²) in [4.78, 5) is 0. The molecular weight excluding hydrogens is 164 g/mol. The topological polar surface area (TPSA) is 58.6 Å². The van der Waals surface area contributed by atoms with E-state index < -0.39 is 0 Å². The lowest BCUT2D eigenvalue weighted by Crippen LogP contribution is -2.27. The molecule has 0 spiro atoms. The average molecular weight is 184 g/mol. The molecule has 76 valence electrons. The number of amidine groups is 1.